The highest BCUT2D eigenvalue weighted by atomic mass is 32.2. The molecule has 4 saturated heterocycles. The van der Waals surface area contributed by atoms with E-state index in [1.165, 1.54) is 36.5 Å². The van der Waals surface area contributed by atoms with Crippen LogP contribution in [0.4, 0.5) is 9.59 Å². The topological polar surface area (TPSA) is 458 Å². The Labute approximate surface area is 488 Å². The molecule has 2 unspecified atom stereocenters. The maximum atomic E-state index is 12.0. The molecule has 4 aliphatic rings. The largest absolute Gasteiger partial charge is 0.507 e. The maximum absolute atomic E-state index is 12.0. The molecule has 460 valence electrons. The van der Waals surface area contributed by atoms with Crippen LogP contribution < -0.4 is 59.9 Å². The van der Waals surface area contributed by atoms with Gasteiger partial charge in [-0.05, 0) is 73.9 Å². The zero-order valence-corrected chi connectivity index (χ0v) is 47.5. The van der Waals surface area contributed by atoms with Crippen molar-refractivity contribution in [3.63, 3.8) is 0 Å². The summed E-state index contributed by atoms with van der Waals surface area (Å²) in [6.45, 7) is 2.25. The quantitative estimate of drug-likeness (QED) is 0.0125. The van der Waals surface area contributed by atoms with E-state index in [1.807, 2.05) is 23.5 Å². The Morgan fingerprint density at radius 1 is 0.627 bits per heavy atom. The van der Waals surface area contributed by atoms with Crippen LogP contribution in [0, 0.1) is 0 Å². The minimum atomic E-state index is -1.13. The van der Waals surface area contributed by atoms with Gasteiger partial charge in [-0.25, -0.2) is 15.5 Å². The number of oxime groups is 1. The molecule has 2 aromatic carbocycles. The molecule has 6 rings (SSSR count). The number of aliphatic carboxylic acids is 2. The molecule has 0 spiro atoms. The van der Waals surface area contributed by atoms with Crippen LogP contribution in [-0.2, 0) is 60.8 Å². The molecule has 2 aromatic rings. The van der Waals surface area contributed by atoms with E-state index in [4.69, 9.17) is 41.9 Å². The van der Waals surface area contributed by atoms with Crippen LogP contribution in [0.3, 0.4) is 0 Å². The molecule has 83 heavy (non-hydrogen) atoms. The molecule has 0 aromatic heterocycles. The molecule has 18 N–H and O–H groups in total. The number of thioether (sulfide) groups is 2. The van der Waals surface area contributed by atoms with Crippen molar-refractivity contribution in [2.45, 2.75) is 111 Å². The third-order valence-corrected chi connectivity index (χ3v) is 16.0. The first-order valence-electron chi connectivity index (χ1n) is 27.0. The molecule has 4 heterocycles. The SMILES string of the molecule is NOCC(=O)NCCOCCNC(=O)CCCCC1SC[C@@H]2NC(=O)N[C@H]12.N[C@@H](Cc1ccc(O)c(/C=N/OCC(=O)NCCOCCNC(=O)CCCCC2SC[C@@H]3NC(=O)N[C@H]23)c1)C(=O)O.N[C@@H](Cc1ccc(O)c(C=O)c1)C(=O)O. The summed E-state index contributed by atoms with van der Waals surface area (Å²) in [6, 6.07) is 7.43. The highest BCUT2D eigenvalue weighted by Gasteiger charge is 2.43. The summed E-state index contributed by atoms with van der Waals surface area (Å²) in [5.74, 6) is 3.49. The van der Waals surface area contributed by atoms with Crippen molar-refractivity contribution in [1.29, 1.82) is 0 Å². The van der Waals surface area contributed by atoms with Gasteiger partial charge in [0.05, 0.1) is 62.4 Å². The first-order chi connectivity index (χ1) is 39.9. The van der Waals surface area contributed by atoms with Crippen LogP contribution in [0.15, 0.2) is 41.6 Å². The van der Waals surface area contributed by atoms with E-state index >= 15 is 0 Å². The maximum Gasteiger partial charge on any atom is 0.320 e. The van der Waals surface area contributed by atoms with Crippen LogP contribution in [0.5, 0.6) is 11.5 Å². The van der Waals surface area contributed by atoms with E-state index < -0.39 is 29.9 Å². The fourth-order valence-corrected chi connectivity index (χ4v) is 11.8. The fraction of sp³-hybridized carbons (Fsp3) is 0.577. The van der Waals surface area contributed by atoms with Gasteiger partial charge in [0.25, 0.3) is 5.91 Å². The molecule has 0 bridgehead atoms. The molecular formula is C52H78N12O17S2. The van der Waals surface area contributed by atoms with Gasteiger partial charge in [-0.15, -0.1) is 0 Å². The molecule has 31 heteroatoms. The van der Waals surface area contributed by atoms with Gasteiger partial charge < -0.3 is 88.7 Å². The first-order valence-corrected chi connectivity index (χ1v) is 29.1. The summed E-state index contributed by atoms with van der Waals surface area (Å²) in [5, 5.41) is 63.7. The van der Waals surface area contributed by atoms with Gasteiger partial charge in [0.1, 0.15) is 30.2 Å². The Bertz CT molecular complexity index is 2480. The third-order valence-electron chi connectivity index (χ3n) is 13.0. The van der Waals surface area contributed by atoms with Gasteiger partial charge in [-0.1, -0.05) is 30.1 Å². The number of hydrogen-bond donors (Lipinski definition) is 15. The molecule has 0 radical (unpaired) electrons. The van der Waals surface area contributed by atoms with Gasteiger partial charge in [0.15, 0.2) is 12.9 Å². The molecule has 0 saturated carbocycles. The lowest BCUT2D eigenvalue weighted by molar-refractivity contribution is -0.139. The molecule has 4 fully saturated rings. The predicted molar refractivity (Wildman–Crippen MR) is 306 cm³/mol. The Balaban J connectivity index is 0.000000300. The number of benzene rings is 2. The number of unbranched alkanes of at least 4 members (excludes halogenated alkanes) is 2. The normalized spacial score (nSPS) is 19.8. The third kappa shape index (κ3) is 26.4. The van der Waals surface area contributed by atoms with Gasteiger partial charge in [0, 0.05) is 66.6 Å². The number of urea groups is 2. The van der Waals surface area contributed by atoms with Crippen LogP contribution in [-0.4, -0.2) is 205 Å². The Morgan fingerprint density at radius 3 is 1.48 bits per heavy atom. The van der Waals surface area contributed by atoms with E-state index in [9.17, 15) is 53.4 Å². The highest BCUT2D eigenvalue weighted by molar-refractivity contribution is 8.00. The number of carboxylic acids is 2. The number of hydrogen-bond acceptors (Lipinski definition) is 21. The van der Waals surface area contributed by atoms with Crippen molar-refractivity contribution in [3.05, 3.63) is 58.7 Å². The minimum absolute atomic E-state index is 0.0137. The molecular weight excluding hydrogens is 1130 g/mol. The van der Waals surface area contributed by atoms with Crippen LogP contribution >= 0.6 is 23.5 Å². The smallest absolute Gasteiger partial charge is 0.320 e. The van der Waals surface area contributed by atoms with Crippen LogP contribution in [0.1, 0.15) is 78.4 Å². The average molecular weight is 1210 g/mol. The first kappa shape index (κ1) is 68.5. The molecule has 8 atom stereocenters. The summed E-state index contributed by atoms with van der Waals surface area (Å²) in [7, 11) is 0. The lowest BCUT2D eigenvalue weighted by atomic mass is 10.0. The van der Waals surface area contributed by atoms with E-state index in [1.54, 1.807) is 6.07 Å². The molecule has 0 aliphatic carbocycles. The monoisotopic (exact) mass is 1210 g/mol. The van der Waals surface area contributed by atoms with E-state index in [-0.39, 0.29) is 110 Å². The second-order valence-corrected chi connectivity index (χ2v) is 21.9. The van der Waals surface area contributed by atoms with Crippen LogP contribution in [0.25, 0.3) is 0 Å². The highest BCUT2D eigenvalue weighted by Crippen LogP contribution is 2.34. The van der Waals surface area contributed by atoms with Crippen molar-refractivity contribution in [3.8, 4) is 11.5 Å². The number of aromatic hydroxyl groups is 2. The van der Waals surface area contributed by atoms with Gasteiger partial charge in [-0.2, -0.15) is 23.5 Å². The van der Waals surface area contributed by atoms with Crippen molar-refractivity contribution in [2.24, 2.45) is 22.5 Å². The van der Waals surface area contributed by atoms with Crippen molar-refractivity contribution >= 4 is 83.7 Å². The predicted octanol–water partition coefficient (Wildman–Crippen LogP) is -1.32. The summed E-state index contributed by atoms with van der Waals surface area (Å²) in [5.41, 5.74) is 12.5. The number of nitrogens with two attached hydrogens (primary N) is 3. The lowest BCUT2D eigenvalue weighted by Gasteiger charge is -2.16. The van der Waals surface area contributed by atoms with Crippen molar-refractivity contribution in [1.82, 2.24) is 42.5 Å². The number of nitrogens with one attached hydrogen (secondary N) is 8. The second-order valence-electron chi connectivity index (χ2n) is 19.4. The second kappa shape index (κ2) is 38.0. The van der Waals surface area contributed by atoms with E-state index in [0.29, 0.717) is 85.8 Å². The summed E-state index contributed by atoms with van der Waals surface area (Å²) in [6.07, 6.45) is 8.34. The summed E-state index contributed by atoms with van der Waals surface area (Å²) >= 11 is 3.76. The standard InChI is InChI=1S/C26H38N6O8S.C16H29N5O5S.C10H11NO4/c27-18(25(36)37)12-16-5-6-20(33)17(11-16)13-30-40-14-23(35)29-8-10-39-9-7-28-22(34)4-2-1-3-21-24-19(15-41-21)31-26(38)32-24;17-26-9-14(23)19-6-8-25-7-5-18-13(22)4-2-1-3-12-15-11(10-27-12)20-16(24)21-15;11-8(10(14)15)4-6-1-2-9(13)7(3-6)5-12/h5-6,11,13,18-19,21,24,33H,1-4,7-10,12,14-15,27H2,(H,28,34)(H,29,35)(H,36,37)(H2,31,32,38);11-12,15H,1-10,17H2,(H,18,22)(H,19,23)(H2,20,21,24);1-3,5,8,13H,4,11H2,(H,14,15)/b30-13+;;/t18-,19-,21?,24-;11-,12?,15-;8-/m000/s1. The van der Waals surface area contributed by atoms with E-state index in [2.05, 4.69) is 52.5 Å². The number of aldehydes is 1. The Hall–Kier alpha value is -7.00. The molecule has 29 nitrogen and oxygen atoms in total. The molecule has 8 amide bonds. The number of ether oxygens (including phenoxy) is 2. The Kier molecular flexibility index (Phi) is 31.3. The van der Waals surface area contributed by atoms with Gasteiger partial charge in [-0.3, -0.25) is 38.4 Å². The fourth-order valence-electron chi connectivity index (χ4n) is 8.69. The number of fused-ring (bicyclic) bond motifs is 2. The lowest BCUT2D eigenvalue weighted by Crippen LogP contribution is -2.36. The Morgan fingerprint density at radius 2 is 1.05 bits per heavy atom. The van der Waals surface area contributed by atoms with Gasteiger partial charge in [0.2, 0.25) is 17.7 Å². The van der Waals surface area contributed by atoms with Gasteiger partial charge >= 0.3 is 24.0 Å². The number of rotatable bonds is 35. The van der Waals surface area contributed by atoms with Crippen molar-refractivity contribution < 1.29 is 82.7 Å². The number of nitrogens with zero attached hydrogens (tertiary/aromatic N) is 1. The number of phenols is 2. The van der Waals surface area contributed by atoms with Crippen molar-refractivity contribution in [2.75, 3.05) is 77.3 Å². The average Bonchev–Trinajstić information content (AvgIpc) is 4.02. The van der Waals surface area contributed by atoms with E-state index in [0.717, 1.165) is 50.0 Å². The number of amides is 8. The number of carboxylic acid groups (broad SMARTS) is 2. The number of carbonyl (C=O) groups excluding carboxylic acids is 7. The number of carbonyl (C=O) groups is 9. The summed E-state index contributed by atoms with van der Waals surface area (Å²) in [4.78, 5) is 110. The minimum Gasteiger partial charge on any atom is -0.507 e. The molecule has 4 aliphatic heterocycles. The number of phenolic OH excluding ortho intramolecular Hbond substituents is 2. The summed E-state index contributed by atoms with van der Waals surface area (Å²) < 4.78 is 10.7. The zero-order chi connectivity index (χ0) is 60.5. The van der Waals surface area contributed by atoms with Crippen LogP contribution in [0.2, 0.25) is 0 Å². The zero-order valence-electron chi connectivity index (χ0n) is 45.9.